The largest absolute Gasteiger partial charge is 0.375 e. The van der Waals surface area contributed by atoms with Crippen LogP contribution in [0.2, 0.25) is 5.02 Å². The zero-order valence-corrected chi connectivity index (χ0v) is 16.1. The molecule has 142 valence electrons. The maximum atomic E-state index is 12.7. The van der Waals surface area contributed by atoms with Gasteiger partial charge in [0.25, 0.3) is 5.91 Å². The van der Waals surface area contributed by atoms with Crippen molar-refractivity contribution in [2.24, 2.45) is 0 Å². The van der Waals surface area contributed by atoms with Crippen molar-refractivity contribution in [3.05, 3.63) is 89.4 Å². The number of carbonyl (C=O) groups excluding carboxylic acids is 2. The maximum absolute atomic E-state index is 12.7. The van der Waals surface area contributed by atoms with Gasteiger partial charge in [0.2, 0.25) is 5.91 Å². The number of halogens is 1. The molecule has 0 spiro atoms. The van der Waals surface area contributed by atoms with E-state index in [9.17, 15) is 9.59 Å². The highest BCUT2D eigenvalue weighted by molar-refractivity contribution is 6.33. The predicted molar refractivity (Wildman–Crippen MR) is 114 cm³/mol. The van der Waals surface area contributed by atoms with Gasteiger partial charge in [0.15, 0.2) is 0 Å². The molecule has 2 N–H and O–H groups in total. The number of rotatable bonds is 6. The van der Waals surface area contributed by atoms with E-state index in [2.05, 4.69) is 10.6 Å². The minimum Gasteiger partial charge on any atom is -0.375 e. The Balaban J connectivity index is 1.63. The molecule has 0 fully saturated rings. The van der Waals surface area contributed by atoms with Crippen LogP contribution >= 0.6 is 11.6 Å². The first-order valence-corrected chi connectivity index (χ1v) is 9.14. The number of benzene rings is 3. The van der Waals surface area contributed by atoms with Crippen molar-refractivity contribution in [3.63, 3.8) is 0 Å². The molecule has 2 amide bonds. The number of para-hydroxylation sites is 2. The summed E-state index contributed by atoms with van der Waals surface area (Å²) in [5.74, 6) is -0.391. The Morgan fingerprint density at radius 2 is 1.64 bits per heavy atom. The summed E-state index contributed by atoms with van der Waals surface area (Å²) in [5, 5.41) is 6.33. The average Bonchev–Trinajstić information content (AvgIpc) is 2.73. The van der Waals surface area contributed by atoms with E-state index >= 15 is 0 Å². The number of anilines is 3. The molecule has 0 aromatic heterocycles. The van der Waals surface area contributed by atoms with E-state index in [1.807, 2.05) is 42.5 Å². The second kappa shape index (κ2) is 9.06. The predicted octanol–water partition coefficient (Wildman–Crippen LogP) is 4.67. The second-order valence-corrected chi connectivity index (χ2v) is 6.57. The molecule has 0 bridgehead atoms. The minimum atomic E-state index is -0.235. The minimum absolute atomic E-state index is 0.0613. The summed E-state index contributed by atoms with van der Waals surface area (Å²) in [7, 11) is 1.72. The standard InChI is InChI=1S/C22H20ClN3O2/c1-26(18-10-3-2-4-11-18)22(28)16-8-7-9-17(14-16)25-21(27)15-24-20-13-6-5-12-19(20)23/h2-14,24H,15H2,1H3,(H,25,27). The zero-order valence-electron chi connectivity index (χ0n) is 15.4. The van der Waals surface area contributed by atoms with Crippen LogP contribution in [0, 0.1) is 0 Å². The summed E-state index contributed by atoms with van der Waals surface area (Å²) in [6.45, 7) is 0.0613. The Morgan fingerprint density at radius 1 is 0.929 bits per heavy atom. The van der Waals surface area contributed by atoms with E-state index in [0.717, 1.165) is 5.69 Å². The first kappa shape index (κ1) is 19.5. The fourth-order valence-electron chi connectivity index (χ4n) is 2.68. The van der Waals surface area contributed by atoms with E-state index in [0.29, 0.717) is 22.0 Å². The molecule has 0 atom stereocenters. The first-order chi connectivity index (χ1) is 13.5. The van der Waals surface area contributed by atoms with Crippen molar-refractivity contribution in [1.82, 2.24) is 0 Å². The van der Waals surface area contributed by atoms with Gasteiger partial charge in [-0.15, -0.1) is 0 Å². The highest BCUT2D eigenvalue weighted by Gasteiger charge is 2.14. The van der Waals surface area contributed by atoms with Gasteiger partial charge in [-0.2, -0.15) is 0 Å². The van der Waals surface area contributed by atoms with Gasteiger partial charge >= 0.3 is 0 Å². The van der Waals surface area contributed by atoms with Gasteiger partial charge in [-0.05, 0) is 42.5 Å². The summed E-state index contributed by atoms with van der Waals surface area (Å²) in [6.07, 6.45) is 0. The third-order valence-corrected chi connectivity index (χ3v) is 4.48. The molecule has 5 nitrogen and oxygen atoms in total. The Kier molecular flexibility index (Phi) is 6.29. The lowest BCUT2D eigenvalue weighted by molar-refractivity contribution is -0.114. The van der Waals surface area contributed by atoms with E-state index in [1.54, 1.807) is 48.3 Å². The molecule has 0 saturated heterocycles. The molecule has 3 rings (SSSR count). The number of carbonyl (C=O) groups is 2. The molecule has 6 heteroatoms. The Morgan fingerprint density at radius 3 is 2.39 bits per heavy atom. The molecule has 0 heterocycles. The summed E-state index contributed by atoms with van der Waals surface area (Å²) >= 11 is 6.07. The molecule has 0 aliphatic heterocycles. The smallest absolute Gasteiger partial charge is 0.258 e. The maximum Gasteiger partial charge on any atom is 0.258 e. The molecule has 0 saturated carbocycles. The lowest BCUT2D eigenvalue weighted by atomic mass is 10.1. The fraction of sp³-hybridized carbons (Fsp3) is 0.0909. The Labute approximate surface area is 168 Å². The Hall–Kier alpha value is -3.31. The van der Waals surface area contributed by atoms with Crippen molar-refractivity contribution in [3.8, 4) is 0 Å². The van der Waals surface area contributed by atoms with Gasteiger partial charge in [0, 0.05) is 24.0 Å². The second-order valence-electron chi connectivity index (χ2n) is 6.16. The quantitative estimate of drug-likeness (QED) is 0.639. The lowest BCUT2D eigenvalue weighted by Crippen LogP contribution is -2.26. The third-order valence-electron chi connectivity index (χ3n) is 4.15. The summed E-state index contributed by atoms with van der Waals surface area (Å²) in [5.41, 5.74) is 2.53. The molecule has 28 heavy (non-hydrogen) atoms. The lowest BCUT2D eigenvalue weighted by Gasteiger charge is -2.17. The van der Waals surface area contributed by atoms with Crippen LogP contribution in [0.5, 0.6) is 0 Å². The number of nitrogens with one attached hydrogen (secondary N) is 2. The van der Waals surface area contributed by atoms with Gasteiger partial charge in [0.1, 0.15) is 0 Å². The van der Waals surface area contributed by atoms with Gasteiger partial charge in [-0.1, -0.05) is 48.0 Å². The Bertz CT molecular complexity index is 976. The zero-order chi connectivity index (χ0) is 19.9. The molecule has 3 aromatic carbocycles. The van der Waals surface area contributed by atoms with Crippen molar-refractivity contribution in [2.45, 2.75) is 0 Å². The molecular formula is C22H20ClN3O2. The van der Waals surface area contributed by atoms with Crippen LogP contribution in [0.1, 0.15) is 10.4 Å². The summed E-state index contributed by atoms with van der Waals surface area (Å²) in [4.78, 5) is 26.5. The monoisotopic (exact) mass is 393 g/mol. The number of amides is 2. The van der Waals surface area contributed by atoms with Crippen molar-refractivity contribution in [1.29, 1.82) is 0 Å². The van der Waals surface area contributed by atoms with E-state index < -0.39 is 0 Å². The van der Waals surface area contributed by atoms with Gasteiger partial charge in [-0.3, -0.25) is 9.59 Å². The summed E-state index contributed by atoms with van der Waals surface area (Å²) < 4.78 is 0. The average molecular weight is 394 g/mol. The van der Waals surface area contributed by atoms with E-state index in [1.165, 1.54) is 0 Å². The number of nitrogens with zero attached hydrogens (tertiary/aromatic N) is 1. The van der Waals surface area contributed by atoms with Crippen LogP contribution in [0.4, 0.5) is 17.1 Å². The fourth-order valence-corrected chi connectivity index (χ4v) is 2.88. The normalized spacial score (nSPS) is 10.2. The topological polar surface area (TPSA) is 61.4 Å². The van der Waals surface area contributed by atoms with Crippen LogP contribution in [0.3, 0.4) is 0 Å². The van der Waals surface area contributed by atoms with Crippen LogP contribution < -0.4 is 15.5 Å². The molecule has 0 unspecified atom stereocenters. The number of hydrogen-bond donors (Lipinski definition) is 2. The van der Waals surface area contributed by atoms with Gasteiger partial charge < -0.3 is 15.5 Å². The molecule has 0 aliphatic rings. The van der Waals surface area contributed by atoms with E-state index in [4.69, 9.17) is 11.6 Å². The van der Waals surface area contributed by atoms with Crippen molar-refractivity contribution in [2.75, 3.05) is 29.1 Å². The van der Waals surface area contributed by atoms with Crippen LogP contribution in [-0.2, 0) is 4.79 Å². The highest BCUT2D eigenvalue weighted by atomic mass is 35.5. The number of hydrogen-bond acceptors (Lipinski definition) is 3. The molecule has 3 aromatic rings. The molecule has 0 radical (unpaired) electrons. The molecular weight excluding hydrogens is 374 g/mol. The third kappa shape index (κ3) is 4.90. The SMILES string of the molecule is CN(C(=O)c1cccc(NC(=O)CNc2ccccc2Cl)c1)c1ccccc1. The van der Waals surface area contributed by atoms with Crippen molar-refractivity contribution >= 4 is 40.5 Å². The van der Waals surface area contributed by atoms with Gasteiger partial charge in [0.05, 0.1) is 17.3 Å². The highest BCUT2D eigenvalue weighted by Crippen LogP contribution is 2.20. The van der Waals surface area contributed by atoms with Crippen LogP contribution in [0.25, 0.3) is 0 Å². The molecule has 0 aliphatic carbocycles. The van der Waals surface area contributed by atoms with Crippen LogP contribution in [0.15, 0.2) is 78.9 Å². The van der Waals surface area contributed by atoms with Crippen LogP contribution in [-0.4, -0.2) is 25.4 Å². The van der Waals surface area contributed by atoms with E-state index in [-0.39, 0.29) is 18.4 Å². The van der Waals surface area contributed by atoms with Crippen molar-refractivity contribution < 1.29 is 9.59 Å². The summed E-state index contributed by atoms with van der Waals surface area (Å²) in [6, 6.07) is 23.5. The van der Waals surface area contributed by atoms with Gasteiger partial charge in [-0.25, -0.2) is 0 Å². The first-order valence-electron chi connectivity index (χ1n) is 8.76.